The normalized spacial score (nSPS) is 30.3. The molecule has 2 fully saturated rings. The molecule has 1 amide bonds. The van der Waals surface area contributed by atoms with Gasteiger partial charge in [0.1, 0.15) is 0 Å². The van der Waals surface area contributed by atoms with Crippen LogP contribution in [0.1, 0.15) is 29.6 Å². The molecule has 2 bridgehead atoms. The van der Waals surface area contributed by atoms with E-state index in [1.165, 1.54) is 0 Å². The van der Waals surface area contributed by atoms with E-state index in [2.05, 4.69) is 15.9 Å². The Bertz CT molecular complexity index is 502. The van der Waals surface area contributed by atoms with Crippen molar-refractivity contribution >= 4 is 27.6 Å². The second-order valence-electron chi connectivity index (χ2n) is 5.38. The van der Waals surface area contributed by atoms with Crippen LogP contribution in [0.15, 0.2) is 30.3 Å². The summed E-state index contributed by atoms with van der Waals surface area (Å²) in [5.74, 6) is 0.728. The molecule has 1 saturated carbocycles. The van der Waals surface area contributed by atoms with E-state index in [9.17, 15) is 9.59 Å². The number of piperidine rings is 1. The molecule has 3 rings (SSSR count). The number of amides is 1. The molecule has 1 saturated heterocycles. The summed E-state index contributed by atoms with van der Waals surface area (Å²) >= 11 is 3.45. The zero-order chi connectivity index (χ0) is 13.4. The maximum absolute atomic E-state index is 12.5. The zero-order valence-electron chi connectivity index (χ0n) is 10.6. The first kappa shape index (κ1) is 12.9. The second kappa shape index (κ2) is 5.08. The monoisotopic (exact) mass is 321 g/mol. The molecule has 0 radical (unpaired) electrons. The summed E-state index contributed by atoms with van der Waals surface area (Å²) in [6.45, 7) is 0.703. The predicted molar refractivity (Wildman–Crippen MR) is 76.3 cm³/mol. The molecule has 1 aromatic rings. The molecule has 1 heterocycles. The largest absolute Gasteiger partial charge is 0.329 e. The van der Waals surface area contributed by atoms with Gasteiger partial charge in [0.15, 0.2) is 5.78 Å². The Morgan fingerprint density at radius 2 is 1.95 bits per heavy atom. The summed E-state index contributed by atoms with van der Waals surface area (Å²) in [5, 5.41) is 0. The fraction of sp³-hybridized carbons (Fsp3) is 0.467. The van der Waals surface area contributed by atoms with Gasteiger partial charge >= 0.3 is 0 Å². The summed E-state index contributed by atoms with van der Waals surface area (Å²) < 4.78 is 0. The van der Waals surface area contributed by atoms with Crippen LogP contribution >= 0.6 is 15.9 Å². The fourth-order valence-electron chi connectivity index (χ4n) is 3.13. The van der Waals surface area contributed by atoms with Gasteiger partial charge in [-0.15, -0.1) is 0 Å². The van der Waals surface area contributed by atoms with Gasteiger partial charge in [-0.1, -0.05) is 34.1 Å². The maximum atomic E-state index is 12.5. The topological polar surface area (TPSA) is 37.4 Å². The summed E-state index contributed by atoms with van der Waals surface area (Å²) in [4.78, 5) is 26.4. The van der Waals surface area contributed by atoms with Crippen LogP contribution in [-0.2, 0) is 4.79 Å². The summed E-state index contributed by atoms with van der Waals surface area (Å²) in [6, 6.07) is 9.00. The van der Waals surface area contributed by atoms with E-state index in [1.807, 2.05) is 30.3 Å². The van der Waals surface area contributed by atoms with Gasteiger partial charge in [-0.05, 0) is 37.3 Å². The van der Waals surface area contributed by atoms with E-state index in [0.29, 0.717) is 18.0 Å². The lowest BCUT2D eigenvalue weighted by Gasteiger charge is -2.43. The third-order valence-electron chi connectivity index (χ3n) is 4.17. The molecular weight excluding hydrogens is 306 g/mol. The van der Waals surface area contributed by atoms with Crippen LogP contribution < -0.4 is 0 Å². The van der Waals surface area contributed by atoms with Crippen molar-refractivity contribution in [1.29, 1.82) is 0 Å². The van der Waals surface area contributed by atoms with E-state index in [-0.39, 0.29) is 22.6 Å². The highest BCUT2D eigenvalue weighted by atomic mass is 79.9. The number of fused-ring (bicyclic) bond motifs is 2. The van der Waals surface area contributed by atoms with Crippen LogP contribution in [0.2, 0.25) is 0 Å². The van der Waals surface area contributed by atoms with E-state index in [1.54, 1.807) is 4.90 Å². The molecule has 2 aliphatic rings. The first-order valence-corrected chi connectivity index (χ1v) is 7.62. The molecule has 0 aromatic heterocycles. The summed E-state index contributed by atoms with van der Waals surface area (Å²) in [6.07, 6.45) is 2.76. The van der Waals surface area contributed by atoms with Gasteiger partial charge in [0.05, 0.1) is 10.9 Å². The molecular formula is C15H16BrNO2. The number of hydrogen-bond donors (Lipinski definition) is 0. The molecule has 19 heavy (non-hydrogen) atoms. The van der Waals surface area contributed by atoms with Gasteiger partial charge in [0, 0.05) is 12.1 Å². The molecule has 4 heteroatoms. The predicted octanol–water partition coefficient (Wildman–Crippen LogP) is 2.64. The van der Waals surface area contributed by atoms with Crippen LogP contribution in [0.5, 0.6) is 0 Å². The van der Waals surface area contributed by atoms with Crippen molar-refractivity contribution < 1.29 is 9.59 Å². The quantitative estimate of drug-likeness (QED) is 0.746. The molecule has 1 aliphatic heterocycles. The molecule has 3 atom stereocenters. The van der Waals surface area contributed by atoms with Crippen LogP contribution in [-0.4, -0.2) is 34.0 Å². The minimum Gasteiger partial charge on any atom is -0.329 e. The average molecular weight is 322 g/mol. The van der Waals surface area contributed by atoms with Crippen LogP contribution in [0, 0.1) is 5.92 Å². The van der Waals surface area contributed by atoms with E-state index in [0.717, 1.165) is 19.3 Å². The average Bonchev–Trinajstić information content (AvgIpc) is 2.45. The standard InChI is InChI=1S/C15H16BrNO2/c16-12-8-10-6-7-17(13(9-10)14(12)18)15(19)11-4-2-1-3-5-11/h1-5,10,12-13H,6-9H2. The van der Waals surface area contributed by atoms with E-state index >= 15 is 0 Å². The van der Waals surface area contributed by atoms with Crippen LogP contribution in [0.25, 0.3) is 0 Å². The number of Topliss-reactive ketones (excluding diaryl/α,β-unsaturated/α-hetero) is 1. The zero-order valence-corrected chi connectivity index (χ0v) is 12.2. The van der Waals surface area contributed by atoms with Crippen molar-refractivity contribution in [3.05, 3.63) is 35.9 Å². The molecule has 0 spiro atoms. The first-order valence-electron chi connectivity index (χ1n) is 6.70. The number of nitrogens with zero attached hydrogens (tertiary/aromatic N) is 1. The molecule has 0 N–H and O–H groups in total. The van der Waals surface area contributed by atoms with Gasteiger partial charge in [-0.25, -0.2) is 0 Å². The number of halogens is 1. The van der Waals surface area contributed by atoms with Crippen molar-refractivity contribution in [2.45, 2.75) is 30.1 Å². The highest BCUT2D eigenvalue weighted by Gasteiger charge is 2.43. The van der Waals surface area contributed by atoms with Crippen molar-refractivity contribution in [2.75, 3.05) is 6.54 Å². The van der Waals surface area contributed by atoms with Gasteiger partial charge in [0.25, 0.3) is 5.91 Å². The highest BCUT2D eigenvalue weighted by molar-refractivity contribution is 9.10. The lowest BCUT2D eigenvalue weighted by atomic mass is 9.78. The van der Waals surface area contributed by atoms with Gasteiger partial charge in [0.2, 0.25) is 0 Å². The van der Waals surface area contributed by atoms with Gasteiger partial charge in [-0.3, -0.25) is 9.59 Å². The third-order valence-corrected chi connectivity index (χ3v) is 5.00. The Balaban J connectivity index is 1.85. The summed E-state index contributed by atoms with van der Waals surface area (Å²) in [5.41, 5.74) is 0.672. The Labute approximate surface area is 121 Å². The molecule has 100 valence electrons. The SMILES string of the molecule is O=C1C(Br)CC2CCN(C(=O)c3ccccc3)C1C2. The molecule has 3 unspecified atom stereocenters. The molecule has 3 nitrogen and oxygen atoms in total. The molecule has 1 aliphatic carbocycles. The van der Waals surface area contributed by atoms with Gasteiger partial charge in [-0.2, -0.15) is 0 Å². The number of benzene rings is 1. The number of ketones is 1. The van der Waals surface area contributed by atoms with E-state index in [4.69, 9.17) is 0 Å². The minimum absolute atomic E-state index is 0.0148. The highest BCUT2D eigenvalue weighted by Crippen LogP contribution is 2.36. The Morgan fingerprint density at radius 3 is 2.68 bits per heavy atom. The number of alkyl halides is 1. The van der Waals surface area contributed by atoms with Crippen molar-refractivity contribution in [1.82, 2.24) is 4.90 Å². The van der Waals surface area contributed by atoms with Crippen molar-refractivity contribution in [3.8, 4) is 0 Å². The second-order valence-corrected chi connectivity index (χ2v) is 6.48. The van der Waals surface area contributed by atoms with Gasteiger partial charge < -0.3 is 4.90 Å². The smallest absolute Gasteiger partial charge is 0.254 e. The van der Waals surface area contributed by atoms with Crippen LogP contribution in [0.3, 0.4) is 0 Å². The first-order chi connectivity index (χ1) is 9.16. The Hall–Kier alpha value is -1.16. The Kier molecular flexibility index (Phi) is 3.44. The number of carbonyl (C=O) groups excluding carboxylic acids is 2. The molecule has 1 aromatic carbocycles. The Morgan fingerprint density at radius 1 is 1.21 bits per heavy atom. The number of carbonyl (C=O) groups is 2. The minimum atomic E-state index is -0.232. The van der Waals surface area contributed by atoms with Crippen molar-refractivity contribution in [3.63, 3.8) is 0 Å². The number of likely N-dealkylation sites (tertiary alicyclic amines) is 1. The van der Waals surface area contributed by atoms with Crippen molar-refractivity contribution in [2.24, 2.45) is 5.92 Å². The summed E-state index contributed by atoms with van der Waals surface area (Å²) in [7, 11) is 0. The van der Waals surface area contributed by atoms with E-state index < -0.39 is 0 Å². The number of hydrogen-bond acceptors (Lipinski definition) is 2. The number of rotatable bonds is 1. The third kappa shape index (κ3) is 2.34. The maximum Gasteiger partial charge on any atom is 0.254 e. The fourth-order valence-corrected chi connectivity index (χ4v) is 3.96. The lowest BCUT2D eigenvalue weighted by Crippen LogP contribution is -2.55. The van der Waals surface area contributed by atoms with Crippen LogP contribution in [0.4, 0.5) is 0 Å². The lowest BCUT2D eigenvalue weighted by molar-refractivity contribution is -0.127.